The molecule has 3 rings (SSSR count). The van der Waals surface area contributed by atoms with Gasteiger partial charge in [0.15, 0.2) is 0 Å². The number of carbonyl (C=O) groups excluding carboxylic acids is 1. The van der Waals surface area contributed by atoms with E-state index in [4.69, 9.17) is 9.97 Å². The molecule has 1 N–H and O–H groups in total. The maximum atomic E-state index is 13.3. The lowest BCUT2D eigenvalue weighted by atomic mass is 9.94. The SMILES string of the molecule is Cc1nc(C(C)C)c2c(C)cn(C(CC(C)C)C(=O)NC3CCCCC3)c2n1. The fourth-order valence-electron chi connectivity index (χ4n) is 4.47. The normalized spacial score (nSPS) is 16.9. The van der Waals surface area contributed by atoms with E-state index in [1.807, 2.05) is 6.92 Å². The highest BCUT2D eigenvalue weighted by atomic mass is 16.2. The summed E-state index contributed by atoms with van der Waals surface area (Å²) in [7, 11) is 0. The number of nitrogens with zero attached hydrogens (tertiary/aromatic N) is 3. The summed E-state index contributed by atoms with van der Waals surface area (Å²) < 4.78 is 2.11. The van der Waals surface area contributed by atoms with Gasteiger partial charge in [-0.15, -0.1) is 0 Å². The van der Waals surface area contributed by atoms with Crippen LogP contribution in [0.25, 0.3) is 11.0 Å². The molecule has 154 valence electrons. The van der Waals surface area contributed by atoms with Gasteiger partial charge < -0.3 is 9.88 Å². The molecule has 1 aliphatic carbocycles. The largest absolute Gasteiger partial charge is 0.352 e. The van der Waals surface area contributed by atoms with Gasteiger partial charge in [0, 0.05) is 17.6 Å². The van der Waals surface area contributed by atoms with Crippen molar-refractivity contribution in [3.8, 4) is 0 Å². The molecule has 0 radical (unpaired) electrons. The van der Waals surface area contributed by atoms with Crippen LogP contribution in [0.4, 0.5) is 0 Å². The summed E-state index contributed by atoms with van der Waals surface area (Å²) in [6.07, 6.45) is 8.84. The van der Waals surface area contributed by atoms with E-state index in [9.17, 15) is 4.79 Å². The van der Waals surface area contributed by atoms with Crippen molar-refractivity contribution in [2.75, 3.05) is 0 Å². The van der Waals surface area contributed by atoms with E-state index in [1.165, 1.54) is 19.3 Å². The minimum Gasteiger partial charge on any atom is -0.352 e. The number of nitrogens with one attached hydrogen (secondary N) is 1. The summed E-state index contributed by atoms with van der Waals surface area (Å²) in [6.45, 7) is 12.7. The molecule has 1 amide bonds. The van der Waals surface area contributed by atoms with Gasteiger partial charge in [-0.05, 0) is 50.5 Å². The highest BCUT2D eigenvalue weighted by molar-refractivity contribution is 5.87. The van der Waals surface area contributed by atoms with Gasteiger partial charge in [0.25, 0.3) is 0 Å². The molecule has 1 aliphatic rings. The first-order chi connectivity index (χ1) is 13.3. The maximum Gasteiger partial charge on any atom is 0.243 e. The van der Waals surface area contributed by atoms with Gasteiger partial charge >= 0.3 is 0 Å². The van der Waals surface area contributed by atoms with Crippen molar-refractivity contribution in [1.82, 2.24) is 19.9 Å². The lowest BCUT2D eigenvalue weighted by molar-refractivity contribution is -0.125. The fourth-order valence-corrected chi connectivity index (χ4v) is 4.47. The third-order valence-electron chi connectivity index (χ3n) is 5.83. The molecule has 1 unspecified atom stereocenters. The monoisotopic (exact) mass is 384 g/mol. The van der Waals surface area contributed by atoms with Crippen LogP contribution in [-0.2, 0) is 4.79 Å². The number of aromatic nitrogens is 3. The zero-order valence-corrected chi connectivity index (χ0v) is 18.4. The Hall–Kier alpha value is -1.91. The van der Waals surface area contributed by atoms with Crippen molar-refractivity contribution < 1.29 is 4.79 Å². The van der Waals surface area contributed by atoms with Gasteiger partial charge in [0.1, 0.15) is 17.5 Å². The molecule has 0 saturated heterocycles. The van der Waals surface area contributed by atoms with Crippen LogP contribution in [0, 0.1) is 19.8 Å². The quantitative estimate of drug-likeness (QED) is 0.744. The standard InChI is InChI=1S/C23H36N4O/c1-14(2)12-19(23(28)26-18-10-8-7-9-11-18)27-13-16(5)20-21(15(3)4)24-17(6)25-22(20)27/h13-15,18-19H,7-12H2,1-6H3,(H,26,28). The molecular weight excluding hydrogens is 348 g/mol. The summed E-state index contributed by atoms with van der Waals surface area (Å²) in [6, 6.07) is 0.0915. The number of rotatable bonds is 6. The predicted molar refractivity (Wildman–Crippen MR) is 115 cm³/mol. The van der Waals surface area contributed by atoms with E-state index in [-0.39, 0.29) is 11.9 Å². The van der Waals surface area contributed by atoms with Crippen LogP contribution in [0.1, 0.15) is 95.3 Å². The Labute approximate surface area is 169 Å². The zero-order chi connectivity index (χ0) is 20.4. The third-order valence-corrected chi connectivity index (χ3v) is 5.83. The zero-order valence-electron chi connectivity index (χ0n) is 18.4. The average molecular weight is 385 g/mol. The summed E-state index contributed by atoms with van der Waals surface area (Å²) in [5.74, 6) is 1.65. The van der Waals surface area contributed by atoms with Gasteiger partial charge in [0.2, 0.25) is 5.91 Å². The minimum absolute atomic E-state index is 0.139. The van der Waals surface area contributed by atoms with Crippen LogP contribution in [0.2, 0.25) is 0 Å². The highest BCUT2D eigenvalue weighted by Gasteiger charge is 2.28. The Morgan fingerprint density at radius 3 is 2.43 bits per heavy atom. The van der Waals surface area contributed by atoms with Crippen molar-refractivity contribution in [3.63, 3.8) is 0 Å². The second kappa shape index (κ2) is 8.62. The minimum atomic E-state index is -0.229. The van der Waals surface area contributed by atoms with Crippen molar-refractivity contribution in [2.45, 2.75) is 98.1 Å². The Balaban J connectivity index is 2.02. The highest BCUT2D eigenvalue weighted by Crippen LogP contribution is 2.31. The predicted octanol–water partition coefficient (Wildman–Crippen LogP) is 5.21. The summed E-state index contributed by atoms with van der Waals surface area (Å²) >= 11 is 0. The van der Waals surface area contributed by atoms with E-state index in [1.54, 1.807) is 0 Å². The topological polar surface area (TPSA) is 59.8 Å². The smallest absolute Gasteiger partial charge is 0.243 e. The van der Waals surface area contributed by atoms with Crippen LogP contribution in [0.3, 0.4) is 0 Å². The molecule has 28 heavy (non-hydrogen) atoms. The van der Waals surface area contributed by atoms with E-state index in [0.717, 1.165) is 47.4 Å². The Bertz CT molecular complexity index is 831. The molecule has 5 nitrogen and oxygen atoms in total. The number of hydrogen-bond donors (Lipinski definition) is 1. The Morgan fingerprint density at radius 1 is 1.14 bits per heavy atom. The first kappa shape index (κ1) is 20.8. The molecular formula is C23H36N4O. The molecule has 0 aliphatic heterocycles. The number of carbonyl (C=O) groups is 1. The molecule has 2 aromatic heterocycles. The Kier molecular flexibility index (Phi) is 6.41. The molecule has 1 fully saturated rings. The molecule has 2 aromatic rings. The van der Waals surface area contributed by atoms with Crippen LogP contribution in [0.5, 0.6) is 0 Å². The van der Waals surface area contributed by atoms with Crippen LogP contribution in [-0.4, -0.2) is 26.5 Å². The first-order valence-corrected chi connectivity index (χ1v) is 10.9. The first-order valence-electron chi connectivity index (χ1n) is 10.9. The fraction of sp³-hybridized carbons (Fsp3) is 0.696. The number of aryl methyl sites for hydroxylation is 2. The van der Waals surface area contributed by atoms with Crippen molar-refractivity contribution in [1.29, 1.82) is 0 Å². The lowest BCUT2D eigenvalue weighted by Crippen LogP contribution is -2.41. The average Bonchev–Trinajstić information content (AvgIpc) is 2.95. The van der Waals surface area contributed by atoms with Crippen molar-refractivity contribution in [3.05, 3.63) is 23.3 Å². The van der Waals surface area contributed by atoms with E-state index < -0.39 is 0 Å². The van der Waals surface area contributed by atoms with Crippen LogP contribution < -0.4 is 5.32 Å². The van der Waals surface area contributed by atoms with Crippen molar-refractivity contribution >= 4 is 16.9 Å². The molecule has 2 heterocycles. The van der Waals surface area contributed by atoms with Gasteiger partial charge in [0.05, 0.1) is 5.69 Å². The van der Waals surface area contributed by atoms with Gasteiger partial charge in [-0.1, -0.05) is 47.0 Å². The molecule has 1 saturated carbocycles. The number of fused-ring (bicyclic) bond motifs is 1. The molecule has 0 aromatic carbocycles. The number of amides is 1. The maximum absolute atomic E-state index is 13.3. The van der Waals surface area contributed by atoms with E-state index in [2.05, 4.69) is 50.7 Å². The summed E-state index contributed by atoms with van der Waals surface area (Å²) in [5, 5.41) is 4.46. The molecule has 0 bridgehead atoms. The van der Waals surface area contributed by atoms with E-state index >= 15 is 0 Å². The van der Waals surface area contributed by atoms with Gasteiger partial charge in [-0.2, -0.15) is 0 Å². The van der Waals surface area contributed by atoms with Crippen LogP contribution in [0.15, 0.2) is 6.20 Å². The lowest BCUT2D eigenvalue weighted by Gasteiger charge is -2.27. The summed E-state index contributed by atoms with van der Waals surface area (Å²) in [5.41, 5.74) is 3.13. The summed E-state index contributed by atoms with van der Waals surface area (Å²) in [4.78, 5) is 22.8. The third kappa shape index (κ3) is 4.39. The van der Waals surface area contributed by atoms with E-state index in [0.29, 0.717) is 17.9 Å². The molecule has 5 heteroatoms. The van der Waals surface area contributed by atoms with Gasteiger partial charge in [-0.25, -0.2) is 9.97 Å². The van der Waals surface area contributed by atoms with Crippen molar-refractivity contribution in [2.24, 2.45) is 5.92 Å². The number of hydrogen-bond acceptors (Lipinski definition) is 3. The second-order valence-electron chi connectivity index (χ2n) is 9.22. The second-order valence-corrected chi connectivity index (χ2v) is 9.22. The van der Waals surface area contributed by atoms with Gasteiger partial charge in [-0.3, -0.25) is 4.79 Å². The van der Waals surface area contributed by atoms with Crippen LogP contribution >= 0.6 is 0 Å². The Morgan fingerprint density at radius 2 is 1.82 bits per heavy atom. The molecule has 0 spiro atoms. The molecule has 1 atom stereocenters.